The molecule has 3 aromatic rings. The van der Waals surface area contributed by atoms with E-state index in [0.29, 0.717) is 34.9 Å². The third-order valence-electron chi connectivity index (χ3n) is 6.96. The van der Waals surface area contributed by atoms with Gasteiger partial charge in [0, 0.05) is 45.0 Å². The van der Waals surface area contributed by atoms with E-state index in [1.807, 2.05) is 25.1 Å². The van der Waals surface area contributed by atoms with Gasteiger partial charge in [0.1, 0.15) is 11.6 Å². The van der Waals surface area contributed by atoms with Gasteiger partial charge in [-0.25, -0.2) is 14.8 Å². The predicted octanol–water partition coefficient (Wildman–Crippen LogP) is 3.37. The number of aryl methyl sites for hydroxylation is 1. The normalized spacial score (nSPS) is 17.9. The number of aromatic nitrogens is 2. The number of morpholine rings is 1. The van der Waals surface area contributed by atoms with Crippen molar-refractivity contribution in [1.29, 1.82) is 0 Å². The Kier molecular flexibility index (Phi) is 6.78. The van der Waals surface area contributed by atoms with Crippen LogP contribution in [0.15, 0.2) is 39.7 Å². The summed E-state index contributed by atoms with van der Waals surface area (Å²) in [6.45, 7) is 8.72. The Labute approximate surface area is 199 Å². The molecule has 0 saturated carbocycles. The summed E-state index contributed by atoms with van der Waals surface area (Å²) in [6.07, 6.45) is 4.70. The van der Waals surface area contributed by atoms with Gasteiger partial charge in [0.15, 0.2) is 0 Å². The molecule has 5 rings (SSSR count). The monoisotopic (exact) mass is 464 g/mol. The Bertz CT molecular complexity index is 1200. The van der Waals surface area contributed by atoms with Gasteiger partial charge in [-0.2, -0.15) is 0 Å². The van der Waals surface area contributed by atoms with Crippen LogP contribution in [0.4, 0.5) is 5.82 Å². The summed E-state index contributed by atoms with van der Waals surface area (Å²) >= 11 is 0. The molecule has 1 aromatic carbocycles. The maximum atomic E-state index is 13.0. The van der Waals surface area contributed by atoms with E-state index in [9.17, 15) is 4.79 Å². The van der Waals surface area contributed by atoms with Crippen LogP contribution >= 0.6 is 0 Å². The second kappa shape index (κ2) is 10.1. The van der Waals surface area contributed by atoms with Crippen LogP contribution < -0.4 is 15.3 Å². The van der Waals surface area contributed by atoms with Crippen LogP contribution in [0.3, 0.4) is 0 Å². The molecule has 8 nitrogen and oxygen atoms in total. The fraction of sp³-hybridized carbons (Fsp3) is 0.500. The molecule has 0 radical (unpaired) electrons. The van der Waals surface area contributed by atoms with Crippen molar-refractivity contribution in [3.63, 3.8) is 0 Å². The maximum Gasteiger partial charge on any atom is 0.347 e. The van der Waals surface area contributed by atoms with Gasteiger partial charge >= 0.3 is 5.63 Å². The average molecular weight is 465 g/mol. The highest BCUT2D eigenvalue weighted by Gasteiger charge is 2.26. The first-order valence-electron chi connectivity index (χ1n) is 12.2. The Morgan fingerprint density at radius 3 is 2.68 bits per heavy atom. The highest BCUT2D eigenvalue weighted by atomic mass is 16.5. The third kappa shape index (κ3) is 4.65. The van der Waals surface area contributed by atoms with Crippen molar-refractivity contribution < 1.29 is 13.9 Å². The van der Waals surface area contributed by atoms with Crippen LogP contribution in [-0.4, -0.2) is 67.9 Å². The van der Waals surface area contributed by atoms with Crippen molar-refractivity contribution in [3.05, 3.63) is 46.4 Å². The summed E-state index contributed by atoms with van der Waals surface area (Å²) in [5.74, 6) is 2.48. The highest BCUT2D eigenvalue weighted by molar-refractivity contribution is 5.84. The van der Waals surface area contributed by atoms with E-state index in [4.69, 9.17) is 18.9 Å². The highest BCUT2D eigenvalue weighted by Crippen LogP contribution is 2.32. The summed E-state index contributed by atoms with van der Waals surface area (Å²) in [4.78, 5) is 27.2. The number of piperidine rings is 1. The van der Waals surface area contributed by atoms with Gasteiger partial charge in [-0.3, -0.25) is 4.90 Å². The molecule has 0 amide bonds. The number of hydrogen-bond acceptors (Lipinski definition) is 8. The molecule has 8 heteroatoms. The molecule has 0 bridgehead atoms. The van der Waals surface area contributed by atoms with Crippen LogP contribution in [-0.2, 0) is 11.2 Å². The summed E-state index contributed by atoms with van der Waals surface area (Å²) in [5.41, 5.74) is 1.82. The number of benzene rings is 1. The zero-order valence-corrected chi connectivity index (χ0v) is 20.0. The third-order valence-corrected chi connectivity index (χ3v) is 6.96. The molecule has 2 saturated heterocycles. The summed E-state index contributed by atoms with van der Waals surface area (Å²) in [6, 6.07) is 7.46. The lowest BCUT2D eigenvalue weighted by Crippen LogP contribution is -2.43. The first-order chi connectivity index (χ1) is 16.7. The number of ether oxygens (including phenoxy) is 2. The van der Waals surface area contributed by atoms with E-state index in [1.165, 1.54) is 0 Å². The zero-order valence-electron chi connectivity index (χ0n) is 20.0. The lowest BCUT2D eigenvalue weighted by atomic mass is 9.95. The van der Waals surface area contributed by atoms with Gasteiger partial charge in [-0.05, 0) is 48.9 Å². The van der Waals surface area contributed by atoms with E-state index < -0.39 is 0 Å². The number of nitrogens with zero attached hydrogens (tertiary/aromatic N) is 4. The minimum atomic E-state index is -0.376. The van der Waals surface area contributed by atoms with E-state index in [0.717, 1.165) is 75.7 Å². The second-order valence-electron chi connectivity index (χ2n) is 9.06. The van der Waals surface area contributed by atoms with Crippen molar-refractivity contribution in [2.24, 2.45) is 5.92 Å². The molecule has 0 atom stereocenters. The Hall–Kier alpha value is -2.97. The number of anilines is 1. The molecule has 0 aliphatic carbocycles. The Morgan fingerprint density at radius 2 is 1.94 bits per heavy atom. The summed E-state index contributed by atoms with van der Waals surface area (Å²) in [7, 11) is 1.62. The van der Waals surface area contributed by atoms with E-state index in [-0.39, 0.29) is 5.63 Å². The smallest absolute Gasteiger partial charge is 0.347 e. The number of methoxy groups -OCH3 is 1. The fourth-order valence-electron chi connectivity index (χ4n) is 5.06. The van der Waals surface area contributed by atoms with E-state index >= 15 is 0 Å². The second-order valence-corrected chi connectivity index (χ2v) is 9.06. The molecular formula is C26H32N4O4. The van der Waals surface area contributed by atoms with E-state index in [2.05, 4.69) is 14.8 Å². The number of rotatable bonds is 6. The molecule has 2 aliphatic rings. The molecule has 180 valence electrons. The number of fused-ring (bicyclic) bond motifs is 1. The van der Waals surface area contributed by atoms with Crippen LogP contribution in [0.1, 0.15) is 25.3 Å². The van der Waals surface area contributed by atoms with Gasteiger partial charge < -0.3 is 18.8 Å². The van der Waals surface area contributed by atoms with Crippen molar-refractivity contribution in [1.82, 2.24) is 14.9 Å². The molecule has 0 unspecified atom stereocenters. The lowest BCUT2D eigenvalue weighted by Gasteiger charge is -2.36. The van der Waals surface area contributed by atoms with Crippen molar-refractivity contribution in [3.8, 4) is 17.2 Å². The average Bonchev–Trinajstić information content (AvgIpc) is 2.89. The van der Waals surface area contributed by atoms with Crippen molar-refractivity contribution in [2.45, 2.75) is 26.2 Å². The molecular weight excluding hydrogens is 432 g/mol. The fourth-order valence-corrected chi connectivity index (χ4v) is 5.06. The minimum absolute atomic E-state index is 0.298. The maximum absolute atomic E-state index is 13.0. The molecule has 0 N–H and O–H groups in total. The van der Waals surface area contributed by atoms with Crippen molar-refractivity contribution >= 4 is 16.7 Å². The SMILES string of the molecule is CCc1cc(OC)cc2nc(-c3cccnc3N3CCC(CN4CCOCC4)CC3)oc(=O)c12. The number of pyridine rings is 1. The summed E-state index contributed by atoms with van der Waals surface area (Å²) in [5, 5.41) is 0.515. The molecule has 4 heterocycles. The standard InChI is InChI=1S/C26H32N4O4/c1-3-19-15-20(32-2)16-22-23(19)26(31)34-25(28-22)21-5-4-8-27-24(21)30-9-6-18(7-10-30)17-29-11-13-33-14-12-29/h4-5,8,15-16,18H,3,6-7,9-14,17H2,1-2H3. The van der Waals surface area contributed by atoms with Gasteiger partial charge in [-0.15, -0.1) is 0 Å². The lowest BCUT2D eigenvalue weighted by molar-refractivity contribution is 0.0289. The Balaban J connectivity index is 1.41. The van der Waals surface area contributed by atoms with Crippen LogP contribution in [0.2, 0.25) is 0 Å². The Morgan fingerprint density at radius 1 is 1.15 bits per heavy atom. The summed E-state index contributed by atoms with van der Waals surface area (Å²) < 4.78 is 16.7. The molecule has 34 heavy (non-hydrogen) atoms. The molecule has 2 aromatic heterocycles. The van der Waals surface area contributed by atoms with Crippen molar-refractivity contribution in [2.75, 3.05) is 57.9 Å². The van der Waals surface area contributed by atoms with Gasteiger partial charge in [0.05, 0.1) is 36.8 Å². The molecule has 2 aliphatic heterocycles. The molecule has 2 fully saturated rings. The van der Waals surface area contributed by atoms with Gasteiger partial charge in [0.25, 0.3) is 0 Å². The predicted molar refractivity (Wildman–Crippen MR) is 132 cm³/mol. The quantitative estimate of drug-likeness (QED) is 0.549. The van der Waals surface area contributed by atoms with Crippen LogP contribution in [0, 0.1) is 5.92 Å². The topological polar surface area (TPSA) is 80.9 Å². The first kappa shape index (κ1) is 22.8. The van der Waals surface area contributed by atoms with Crippen LogP contribution in [0.5, 0.6) is 5.75 Å². The first-order valence-corrected chi connectivity index (χ1v) is 12.2. The largest absolute Gasteiger partial charge is 0.497 e. The van der Waals surface area contributed by atoms with Gasteiger partial charge in [0.2, 0.25) is 5.89 Å². The zero-order chi connectivity index (χ0) is 23.5. The van der Waals surface area contributed by atoms with Gasteiger partial charge in [-0.1, -0.05) is 6.92 Å². The van der Waals surface area contributed by atoms with E-state index in [1.54, 1.807) is 19.4 Å². The minimum Gasteiger partial charge on any atom is -0.497 e. The number of hydrogen-bond donors (Lipinski definition) is 0. The molecule has 0 spiro atoms. The van der Waals surface area contributed by atoms with Crippen LogP contribution in [0.25, 0.3) is 22.4 Å².